The van der Waals surface area contributed by atoms with E-state index in [1.165, 1.54) is 37.4 Å². The molecule has 2 rings (SSSR count). The summed E-state index contributed by atoms with van der Waals surface area (Å²) in [6, 6.07) is 10.8. The van der Waals surface area contributed by atoms with Gasteiger partial charge in [0.25, 0.3) is 10.0 Å². The molecule has 7 heteroatoms. The van der Waals surface area contributed by atoms with Crippen molar-refractivity contribution in [1.82, 2.24) is 0 Å². The fraction of sp³-hybridized carbons (Fsp3) is 0.316. The van der Waals surface area contributed by atoms with E-state index in [0.29, 0.717) is 5.75 Å². The van der Waals surface area contributed by atoms with Crippen LogP contribution < -0.4 is 9.04 Å². The van der Waals surface area contributed by atoms with E-state index in [0.717, 1.165) is 9.87 Å². The van der Waals surface area contributed by atoms with Crippen molar-refractivity contribution in [2.75, 3.05) is 11.4 Å². The Morgan fingerprint density at radius 2 is 1.77 bits per heavy atom. The van der Waals surface area contributed by atoms with Crippen LogP contribution in [0.15, 0.2) is 47.4 Å². The van der Waals surface area contributed by atoms with Gasteiger partial charge in [-0.05, 0) is 43.2 Å². The predicted octanol–water partition coefficient (Wildman–Crippen LogP) is 4.43. The molecule has 0 aliphatic carbocycles. The molecule has 26 heavy (non-hydrogen) atoms. The van der Waals surface area contributed by atoms with Crippen molar-refractivity contribution in [2.24, 2.45) is 5.92 Å². The fourth-order valence-corrected chi connectivity index (χ4v) is 4.12. The molecule has 1 amide bonds. The van der Waals surface area contributed by atoms with E-state index >= 15 is 0 Å². The first kappa shape index (κ1) is 20.3. The Labute approximate surface area is 159 Å². The number of benzene rings is 2. The van der Waals surface area contributed by atoms with Gasteiger partial charge in [-0.2, -0.15) is 0 Å². The first-order chi connectivity index (χ1) is 12.2. The maximum atomic E-state index is 13.2. The van der Waals surface area contributed by atoms with E-state index < -0.39 is 15.9 Å². The minimum Gasteiger partial charge on any atom is -0.495 e. The van der Waals surface area contributed by atoms with Crippen LogP contribution in [0.1, 0.15) is 25.8 Å². The van der Waals surface area contributed by atoms with Crippen LogP contribution in [0, 0.1) is 12.8 Å². The zero-order valence-electron chi connectivity index (χ0n) is 15.2. The Kier molecular flexibility index (Phi) is 6.31. The van der Waals surface area contributed by atoms with Gasteiger partial charge in [0.1, 0.15) is 5.75 Å². The van der Waals surface area contributed by atoms with Crippen LogP contribution in [-0.2, 0) is 14.8 Å². The van der Waals surface area contributed by atoms with Crippen molar-refractivity contribution in [1.29, 1.82) is 0 Å². The first-order valence-electron chi connectivity index (χ1n) is 8.15. The van der Waals surface area contributed by atoms with Crippen LogP contribution in [0.3, 0.4) is 0 Å². The average molecular weight is 396 g/mol. The first-order valence-corrected chi connectivity index (χ1v) is 9.97. The zero-order chi connectivity index (χ0) is 19.5. The highest BCUT2D eigenvalue weighted by Crippen LogP contribution is 2.32. The number of nitrogens with zero attached hydrogens (tertiary/aromatic N) is 1. The van der Waals surface area contributed by atoms with Crippen molar-refractivity contribution in [3.8, 4) is 5.75 Å². The average Bonchev–Trinajstić information content (AvgIpc) is 2.54. The highest BCUT2D eigenvalue weighted by Gasteiger charge is 2.31. The lowest BCUT2D eigenvalue weighted by molar-refractivity contribution is -0.118. The number of carbonyl (C=O) groups is 1. The molecule has 0 aliphatic heterocycles. The molecule has 5 nitrogen and oxygen atoms in total. The normalized spacial score (nSPS) is 11.5. The Morgan fingerprint density at radius 1 is 1.15 bits per heavy atom. The predicted molar refractivity (Wildman–Crippen MR) is 103 cm³/mol. The molecule has 0 atom stereocenters. The molecule has 0 radical (unpaired) electrons. The quantitative estimate of drug-likeness (QED) is 0.726. The molecule has 0 unspecified atom stereocenters. The lowest BCUT2D eigenvalue weighted by atomic mass is 10.1. The van der Waals surface area contributed by atoms with Gasteiger partial charge in [-0.1, -0.05) is 43.1 Å². The van der Waals surface area contributed by atoms with Gasteiger partial charge in [0.05, 0.1) is 22.7 Å². The summed E-state index contributed by atoms with van der Waals surface area (Å²) in [6.45, 7) is 5.58. The molecule has 140 valence electrons. The van der Waals surface area contributed by atoms with Gasteiger partial charge in [0.2, 0.25) is 5.91 Å². The highest BCUT2D eigenvalue weighted by molar-refractivity contribution is 7.93. The second-order valence-corrected chi connectivity index (χ2v) is 8.59. The Hall–Kier alpha value is -2.05. The minimum atomic E-state index is -4.07. The van der Waals surface area contributed by atoms with Gasteiger partial charge in [0, 0.05) is 6.42 Å². The lowest BCUT2D eigenvalue weighted by Crippen LogP contribution is -2.37. The third kappa shape index (κ3) is 4.37. The van der Waals surface area contributed by atoms with E-state index in [2.05, 4.69) is 0 Å². The largest absolute Gasteiger partial charge is 0.495 e. The molecule has 0 spiro atoms. The second kappa shape index (κ2) is 8.10. The monoisotopic (exact) mass is 395 g/mol. The summed E-state index contributed by atoms with van der Waals surface area (Å²) in [5.41, 5.74) is 1.11. The summed E-state index contributed by atoms with van der Waals surface area (Å²) >= 11 is 6.14. The molecule has 0 saturated heterocycles. The standard InChI is InChI=1S/C19H22ClNO4S/c1-13(2)11-19(22)21(15-7-10-18(25-4)17(20)12-15)26(23,24)16-8-5-14(3)6-9-16/h5-10,12-13H,11H2,1-4H3. The van der Waals surface area contributed by atoms with Crippen LogP contribution in [0.2, 0.25) is 5.02 Å². The van der Waals surface area contributed by atoms with Crippen molar-refractivity contribution < 1.29 is 17.9 Å². The number of sulfonamides is 1. The van der Waals surface area contributed by atoms with E-state index in [-0.39, 0.29) is 27.9 Å². The van der Waals surface area contributed by atoms with Crippen LogP contribution >= 0.6 is 11.6 Å². The summed E-state index contributed by atoms with van der Waals surface area (Å²) in [5, 5.41) is 0.228. The van der Waals surface area contributed by atoms with Crippen LogP contribution in [0.25, 0.3) is 0 Å². The third-order valence-electron chi connectivity index (χ3n) is 3.74. The Morgan fingerprint density at radius 3 is 2.27 bits per heavy atom. The molecule has 0 aliphatic rings. The minimum absolute atomic E-state index is 0.00642. The van der Waals surface area contributed by atoms with Crippen molar-refractivity contribution in [3.63, 3.8) is 0 Å². The number of anilines is 1. The Bertz CT molecular complexity index is 892. The van der Waals surface area contributed by atoms with Gasteiger partial charge in [0.15, 0.2) is 0 Å². The van der Waals surface area contributed by atoms with E-state index in [4.69, 9.17) is 16.3 Å². The van der Waals surface area contributed by atoms with E-state index in [1.807, 2.05) is 20.8 Å². The third-order valence-corrected chi connectivity index (χ3v) is 5.80. The molecule has 0 aromatic heterocycles. The number of methoxy groups -OCH3 is 1. The number of ether oxygens (including phenoxy) is 1. The maximum Gasteiger partial charge on any atom is 0.270 e. The van der Waals surface area contributed by atoms with Gasteiger partial charge < -0.3 is 4.74 Å². The summed E-state index contributed by atoms with van der Waals surface area (Å²) in [4.78, 5) is 12.8. The summed E-state index contributed by atoms with van der Waals surface area (Å²) in [5.74, 6) is -0.104. The molecular formula is C19H22ClNO4S. The molecule has 2 aromatic rings. The van der Waals surface area contributed by atoms with Crippen LogP contribution in [0.5, 0.6) is 5.75 Å². The fourth-order valence-electron chi connectivity index (χ4n) is 2.45. The summed E-state index contributed by atoms with van der Waals surface area (Å²) < 4.78 is 32.3. The second-order valence-electron chi connectivity index (χ2n) is 6.39. The number of carbonyl (C=O) groups excluding carboxylic acids is 1. The number of hydrogen-bond donors (Lipinski definition) is 0. The van der Waals surface area contributed by atoms with Gasteiger partial charge in [-0.3, -0.25) is 4.79 Å². The zero-order valence-corrected chi connectivity index (χ0v) is 16.8. The molecule has 0 heterocycles. The van der Waals surface area contributed by atoms with Gasteiger partial charge in [-0.25, -0.2) is 12.7 Å². The van der Waals surface area contributed by atoms with E-state index in [9.17, 15) is 13.2 Å². The van der Waals surface area contributed by atoms with Crippen LogP contribution in [-0.4, -0.2) is 21.4 Å². The number of aryl methyl sites for hydroxylation is 1. The molecule has 0 fully saturated rings. The molecular weight excluding hydrogens is 374 g/mol. The molecule has 0 saturated carbocycles. The molecule has 0 N–H and O–H groups in total. The number of halogens is 1. The highest BCUT2D eigenvalue weighted by atomic mass is 35.5. The molecule has 2 aromatic carbocycles. The molecule has 0 bridgehead atoms. The maximum absolute atomic E-state index is 13.2. The van der Waals surface area contributed by atoms with Crippen LogP contribution in [0.4, 0.5) is 5.69 Å². The van der Waals surface area contributed by atoms with Gasteiger partial charge in [-0.15, -0.1) is 0 Å². The smallest absolute Gasteiger partial charge is 0.270 e. The van der Waals surface area contributed by atoms with E-state index in [1.54, 1.807) is 12.1 Å². The summed E-state index contributed by atoms with van der Waals surface area (Å²) in [6.07, 6.45) is 0.0920. The SMILES string of the molecule is COc1ccc(N(C(=O)CC(C)C)S(=O)(=O)c2ccc(C)cc2)cc1Cl. The number of rotatable bonds is 6. The summed E-state index contributed by atoms with van der Waals surface area (Å²) in [7, 11) is -2.60. The van der Waals surface area contributed by atoms with Crippen molar-refractivity contribution >= 4 is 33.2 Å². The van der Waals surface area contributed by atoms with Gasteiger partial charge >= 0.3 is 0 Å². The van der Waals surface area contributed by atoms with Crippen molar-refractivity contribution in [2.45, 2.75) is 32.1 Å². The van der Waals surface area contributed by atoms with Crippen molar-refractivity contribution in [3.05, 3.63) is 53.1 Å². The lowest BCUT2D eigenvalue weighted by Gasteiger charge is -2.24. The topological polar surface area (TPSA) is 63.7 Å². The number of amides is 1. The Balaban J connectivity index is 2.59. The number of hydrogen-bond acceptors (Lipinski definition) is 4.